The Bertz CT molecular complexity index is 1340. The summed E-state index contributed by atoms with van der Waals surface area (Å²) in [6, 6.07) is 17.1. The number of amides is 3. The maximum Gasteiger partial charge on any atom is 0.338 e. The Morgan fingerprint density at radius 2 is 1.51 bits per heavy atom. The molecule has 1 aliphatic rings. The van der Waals surface area contributed by atoms with Crippen molar-refractivity contribution in [1.29, 1.82) is 0 Å². The van der Waals surface area contributed by atoms with Gasteiger partial charge in [0, 0.05) is 5.69 Å². The number of carbonyl (C=O) groups excluding carboxylic acids is 4. The number of aryl methyl sites for hydroxylation is 2. The first-order valence-corrected chi connectivity index (χ1v) is 12.1. The molecule has 1 heterocycles. The van der Waals surface area contributed by atoms with E-state index in [4.69, 9.17) is 9.47 Å². The lowest BCUT2D eigenvalue weighted by Crippen LogP contribution is -2.29. The third-order valence-electron chi connectivity index (χ3n) is 6.30. The molecule has 8 heteroatoms. The zero-order valence-corrected chi connectivity index (χ0v) is 21.0. The van der Waals surface area contributed by atoms with Crippen LogP contribution in [0.3, 0.4) is 0 Å². The van der Waals surface area contributed by atoms with E-state index >= 15 is 0 Å². The lowest BCUT2D eigenvalue weighted by atomic mass is 10.0. The highest BCUT2D eigenvalue weighted by atomic mass is 16.5. The molecule has 0 unspecified atom stereocenters. The average Bonchev–Trinajstić information content (AvgIpc) is 3.16. The summed E-state index contributed by atoms with van der Waals surface area (Å²) in [5, 5.41) is 2.85. The molecule has 0 radical (unpaired) electrons. The number of rotatable bonds is 9. The summed E-state index contributed by atoms with van der Waals surface area (Å²) >= 11 is 0. The van der Waals surface area contributed by atoms with Crippen molar-refractivity contribution in [3.05, 3.63) is 94.0 Å². The lowest BCUT2D eigenvalue weighted by molar-refractivity contribution is -0.119. The molecule has 8 nitrogen and oxygen atoms in total. The smallest absolute Gasteiger partial charge is 0.338 e. The standard InChI is InChI=1S/C29H28N2O6/c1-4-19-7-6-8-20(5-2)26(19)30-25(32)17-37-29(35)21-11-14-23-24(15-21)28(34)31(27(23)33)16-18-9-12-22(36-3)13-10-18/h6-15H,4-5,16-17H2,1-3H3,(H,30,32). The molecule has 3 aromatic rings. The molecular formula is C29H28N2O6. The molecule has 0 spiro atoms. The predicted molar refractivity (Wildman–Crippen MR) is 138 cm³/mol. The Balaban J connectivity index is 1.41. The maximum absolute atomic E-state index is 13.0. The van der Waals surface area contributed by atoms with Crippen LogP contribution in [-0.4, -0.2) is 42.3 Å². The van der Waals surface area contributed by atoms with Crippen molar-refractivity contribution in [2.45, 2.75) is 33.2 Å². The molecule has 0 aromatic heterocycles. The monoisotopic (exact) mass is 500 g/mol. The minimum Gasteiger partial charge on any atom is -0.497 e. The van der Waals surface area contributed by atoms with Crippen LogP contribution in [0.5, 0.6) is 5.75 Å². The first-order valence-electron chi connectivity index (χ1n) is 12.1. The zero-order valence-electron chi connectivity index (χ0n) is 21.0. The van der Waals surface area contributed by atoms with Gasteiger partial charge in [-0.15, -0.1) is 0 Å². The summed E-state index contributed by atoms with van der Waals surface area (Å²) in [6.07, 6.45) is 1.50. The Kier molecular flexibility index (Phi) is 7.67. The number of hydrogen-bond acceptors (Lipinski definition) is 6. The van der Waals surface area contributed by atoms with Gasteiger partial charge >= 0.3 is 5.97 Å². The Hall–Kier alpha value is -4.46. The van der Waals surface area contributed by atoms with Crippen molar-refractivity contribution in [2.24, 2.45) is 0 Å². The van der Waals surface area contributed by atoms with E-state index in [0.29, 0.717) is 5.75 Å². The van der Waals surface area contributed by atoms with Gasteiger partial charge in [0.2, 0.25) is 0 Å². The number of benzene rings is 3. The second kappa shape index (κ2) is 11.1. The summed E-state index contributed by atoms with van der Waals surface area (Å²) in [5.74, 6) is -1.47. The molecule has 0 saturated carbocycles. The number of fused-ring (bicyclic) bond motifs is 1. The van der Waals surface area contributed by atoms with E-state index in [1.165, 1.54) is 18.2 Å². The Morgan fingerprint density at radius 1 is 0.865 bits per heavy atom. The van der Waals surface area contributed by atoms with Crippen molar-refractivity contribution in [3.8, 4) is 5.75 Å². The van der Waals surface area contributed by atoms with Crippen molar-refractivity contribution >= 4 is 29.4 Å². The number of esters is 1. The van der Waals surface area contributed by atoms with Gasteiger partial charge in [-0.2, -0.15) is 0 Å². The van der Waals surface area contributed by atoms with E-state index in [9.17, 15) is 19.2 Å². The van der Waals surface area contributed by atoms with Crippen LogP contribution in [0.25, 0.3) is 0 Å². The van der Waals surface area contributed by atoms with Crippen LogP contribution < -0.4 is 10.1 Å². The van der Waals surface area contributed by atoms with Gasteiger partial charge in [-0.05, 0) is 59.9 Å². The number of nitrogens with one attached hydrogen (secondary N) is 1. The number of anilines is 1. The lowest BCUT2D eigenvalue weighted by Gasteiger charge is -2.14. The van der Waals surface area contributed by atoms with Gasteiger partial charge in [-0.25, -0.2) is 4.79 Å². The van der Waals surface area contributed by atoms with Gasteiger partial charge in [0.15, 0.2) is 6.61 Å². The fourth-order valence-electron chi connectivity index (χ4n) is 4.27. The number of ether oxygens (including phenoxy) is 2. The molecule has 0 fully saturated rings. The minimum absolute atomic E-state index is 0.0854. The highest BCUT2D eigenvalue weighted by Crippen LogP contribution is 2.27. The van der Waals surface area contributed by atoms with Gasteiger partial charge < -0.3 is 14.8 Å². The van der Waals surface area contributed by atoms with Gasteiger partial charge in [-0.1, -0.05) is 44.2 Å². The van der Waals surface area contributed by atoms with Crippen LogP contribution >= 0.6 is 0 Å². The van der Waals surface area contributed by atoms with E-state index in [2.05, 4.69) is 5.32 Å². The summed E-state index contributed by atoms with van der Waals surface area (Å²) in [5.41, 5.74) is 3.93. The first-order chi connectivity index (χ1) is 17.9. The molecule has 4 rings (SSSR count). The van der Waals surface area contributed by atoms with Gasteiger partial charge in [0.25, 0.3) is 17.7 Å². The quantitative estimate of drug-likeness (QED) is 0.345. The van der Waals surface area contributed by atoms with E-state index in [-0.39, 0.29) is 23.2 Å². The topological polar surface area (TPSA) is 102 Å². The zero-order chi connectivity index (χ0) is 26.5. The number of carbonyl (C=O) groups is 4. The van der Waals surface area contributed by atoms with E-state index in [1.807, 2.05) is 32.0 Å². The van der Waals surface area contributed by atoms with Gasteiger partial charge in [0.05, 0.1) is 30.3 Å². The van der Waals surface area contributed by atoms with Crippen LogP contribution in [0.2, 0.25) is 0 Å². The van der Waals surface area contributed by atoms with Gasteiger partial charge in [-0.3, -0.25) is 19.3 Å². The molecule has 0 atom stereocenters. The van der Waals surface area contributed by atoms with Gasteiger partial charge in [0.1, 0.15) is 5.75 Å². The van der Waals surface area contributed by atoms with Crippen molar-refractivity contribution in [1.82, 2.24) is 4.90 Å². The largest absolute Gasteiger partial charge is 0.497 e. The summed E-state index contributed by atoms with van der Waals surface area (Å²) in [6.45, 7) is 3.62. The summed E-state index contributed by atoms with van der Waals surface area (Å²) in [7, 11) is 1.56. The molecule has 1 aliphatic heterocycles. The molecule has 37 heavy (non-hydrogen) atoms. The van der Waals surface area contributed by atoms with Crippen molar-refractivity contribution in [3.63, 3.8) is 0 Å². The Morgan fingerprint density at radius 3 is 2.14 bits per heavy atom. The van der Waals surface area contributed by atoms with E-state index in [1.54, 1.807) is 31.4 Å². The molecule has 0 bridgehead atoms. The molecule has 0 aliphatic carbocycles. The summed E-state index contributed by atoms with van der Waals surface area (Å²) in [4.78, 5) is 52.1. The second-order valence-corrected chi connectivity index (χ2v) is 8.59. The number of nitrogens with zero attached hydrogens (tertiary/aromatic N) is 1. The highest BCUT2D eigenvalue weighted by molar-refractivity contribution is 6.21. The fraction of sp³-hybridized carbons (Fsp3) is 0.241. The molecule has 1 N–H and O–H groups in total. The molecular weight excluding hydrogens is 472 g/mol. The van der Waals surface area contributed by atoms with E-state index < -0.39 is 30.3 Å². The molecule has 0 saturated heterocycles. The summed E-state index contributed by atoms with van der Waals surface area (Å²) < 4.78 is 10.3. The Labute approximate surface area is 215 Å². The van der Waals surface area contributed by atoms with Crippen molar-refractivity contribution in [2.75, 3.05) is 19.0 Å². The van der Waals surface area contributed by atoms with E-state index in [0.717, 1.165) is 40.1 Å². The molecule has 3 amide bonds. The number of para-hydroxylation sites is 1. The van der Waals surface area contributed by atoms with Crippen LogP contribution in [0.4, 0.5) is 5.69 Å². The minimum atomic E-state index is -0.758. The van der Waals surface area contributed by atoms with Crippen LogP contribution in [-0.2, 0) is 28.9 Å². The maximum atomic E-state index is 13.0. The third-order valence-corrected chi connectivity index (χ3v) is 6.30. The molecule has 3 aromatic carbocycles. The number of imide groups is 1. The number of methoxy groups -OCH3 is 1. The third kappa shape index (κ3) is 5.38. The average molecular weight is 501 g/mol. The predicted octanol–water partition coefficient (Wildman–Crippen LogP) is 4.41. The first kappa shape index (κ1) is 25.6. The van der Waals surface area contributed by atoms with Crippen LogP contribution in [0.1, 0.15) is 61.6 Å². The van der Waals surface area contributed by atoms with Crippen LogP contribution in [0, 0.1) is 0 Å². The number of hydrogen-bond donors (Lipinski definition) is 1. The van der Waals surface area contributed by atoms with Crippen LogP contribution in [0.15, 0.2) is 60.7 Å². The normalized spacial score (nSPS) is 12.4. The SMILES string of the molecule is CCc1cccc(CC)c1NC(=O)COC(=O)c1ccc2c(c1)C(=O)N(Cc1ccc(OC)cc1)C2=O. The highest BCUT2D eigenvalue weighted by Gasteiger charge is 2.36. The second-order valence-electron chi connectivity index (χ2n) is 8.59. The molecule has 190 valence electrons. The fourth-order valence-corrected chi connectivity index (χ4v) is 4.27. The van der Waals surface area contributed by atoms with Crippen molar-refractivity contribution < 1.29 is 28.7 Å².